The van der Waals surface area contributed by atoms with Crippen molar-refractivity contribution in [3.8, 4) is 5.75 Å². The highest BCUT2D eigenvalue weighted by atomic mass is 32.2. The first-order chi connectivity index (χ1) is 12.1. The topological polar surface area (TPSA) is 33.6 Å². The number of rotatable bonds is 3. The van der Waals surface area contributed by atoms with Crippen LogP contribution in [-0.2, 0) is 4.87 Å². The average molecular weight is 358 g/mol. The van der Waals surface area contributed by atoms with Crippen LogP contribution in [0.5, 0.6) is 5.75 Å². The van der Waals surface area contributed by atoms with Crippen LogP contribution in [0.1, 0.15) is 17.5 Å². The van der Waals surface area contributed by atoms with Crippen molar-refractivity contribution in [1.82, 2.24) is 5.43 Å². The molecule has 2 aliphatic rings. The predicted octanol–water partition coefficient (Wildman–Crippen LogP) is 4.40. The standard InChI is InChI=1S/C19H16F2N2OS/c1-2-5-12-11-24-17-7-4-3-6-15(17)19(12)23-22-18(25-19)14-10-13(20)8-9-16(14)21/h2-4,6-10,12,23H,1,5,11H2/t12-,19-/m1/s1. The molecule has 0 amide bonds. The van der Waals surface area contributed by atoms with Crippen LogP contribution < -0.4 is 10.2 Å². The zero-order valence-corrected chi connectivity index (χ0v) is 14.2. The number of allylic oxidation sites excluding steroid dienone is 1. The summed E-state index contributed by atoms with van der Waals surface area (Å²) in [5.41, 5.74) is 4.31. The molecule has 0 aliphatic carbocycles. The molecule has 4 rings (SSSR count). The summed E-state index contributed by atoms with van der Waals surface area (Å²) >= 11 is 1.41. The third-order valence-electron chi connectivity index (χ3n) is 4.49. The molecule has 0 saturated heterocycles. The van der Waals surface area contributed by atoms with Crippen molar-refractivity contribution >= 4 is 16.8 Å². The number of fused-ring (bicyclic) bond motifs is 2. The van der Waals surface area contributed by atoms with Crippen molar-refractivity contribution in [3.05, 3.63) is 77.9 Å². The first-order valence-electron chi connectivity index (χ1n) is 7.96. The Morgan fingerprint density at radius 2 is 2.16 bits per heavy atom. The zero-order valence-electron chi connectivity index (χ0n) is 13.3. The van der Waals surface area contributed by atoms with Gasteiger partial charge in [0.25, 0.3) is 0 Å². The summed E-state index contributed by atoms with van der Waals surface area (Å²) in [4.78, 5) is -0.586. The van der Waals surface area contributed by atoms with E-state index in [1.807, 2.05) is 30.3 Å². The molecule has 0 radical (unpaired) electrons. The van der Waals surface area contributed by atoms with E-state index in [1.165, 1.54) is 17.8 Å². The lowest BCUT2D eigenvalue weighted by Crippen LogP contribution is -2.46. The van der Waals surface area contributed by atoms with Crippen LogP contribution in [0.15, 0.2) is 60.2 Å². The van der Waals surface area contributed by atoms with Gasteiger partial charge in [0.1, 0.15) is 27.3 Å². The monoisotopic (exact) mass is 358 g/mol. The van der Waals surface area contributed by atoms with Crippen molar-refractivity contribution < 1.29 is 13.5 Å². The number of halogens is 2. The van der Waals surface area contributed by atoms with E-state index in [0.717, 1.165) is 23.4 Å². The summed E-state index contributed by atoms with van der Waals surface area (Å²) in [6, 6.07) is 11.1. The molecular formula is C19H16F2N2OS. The van der Waals surface area contributed by atoms with Crippen LogP contribution >= 0.6 is 11.8 Å². The molecule has 1 N–H and O–H groups in total. The van der Waals surface area contributed by atoms with E-state index in [1.54, 1.807) is 0 Å². The number of para-hydroxylation sites is 1. The minimum atomic E-state index is -0.586. The molecule has 6 heteroatoms. The van der Waals surface area contributed by atoms with E-state index in [2.05, 4.69) is 17.1 Å². The molecule has 2 heterocycles. The van der Waals surface area contributed by atoms with E-state index >= 15 is 0 Å². The second kappa shape index (κ2) is 6.19. The quantitative estimate of drug-likeness (QED) is 0.826. The molecule has 0 fully saturated rings. The van der Waals surface area contributed by atoms with Crippen LogP contribution in [0.25, 0.3) is 0 Å². The first-order valence-corrected chi connectivity index (χ1v) is 8.78. The van der Waals surface area contributed by atoms with Crippen LogP contribution in [0.3, 0.4) is 0 Å². The molecule has 2 atom stereocenters. The van der Waals surface area contributed by atoms with Crippen molar-refractivity contribution in [2.24, 2.45) is 11.0 Å². The van der Waals surface area contributed by atoms with Gasteiger partial charge in [-0.25, -0.2) is 8.78 Å². The second-order valence-electron chi connectivity index (χ2n) is 6.02. The van der Waals surface area contributed by atoms with Gasteiger partial charge in [0.2, 0.25) is 0 Å². The first kappa shape index (κ1) is 16.1. The van der Waals surface area contributed by atoms with Crippen LogP contribution in [0.4, 0.5) is 8.78 Å². The molecule has 25 heavy (non-hydrogen) atoms. The number of ether oxygens (including phenoxy) is 1. The molecule has 2 aliphatic heterocycles. The van der Waals surface area contributed by atoms with Gasteiger partial charge in [-0.3, -0.25) is 5.43 Å². The normalized spacial score (nSPS) is 24.2. The summed E-state index contributed by atoms with van der Waals surface area (Å²) in [5, 5.41) is 4.78. The van der Waals surface area contributed by atoms with Crippen molar-refractivity contribution in [1.29, 1.82) is 0 Å². The maximum absolute atomic E-state index is 14.2. The number of nitrogens with zero attached hydrogens (tertiary/aromatic N) is 1. The minimum Gasteiger partial charge on any atom is -0.493 e. The van der Waals surface area contributed by atoms with E-state index < -0.39 is 16.5 Å². The second-order valence-corrected chi connectivity index (χ2v) is 7.25. The van der Waals surface area contributed by atoms with Gasteiger partial charge in [-0.1, -0.05) is 36.0 Å². The Labute approximate surface area is 148 Å². The molecule has 3 nitrogen and oxygen atoms in total. The lowest BCUT2D eigenvalue weighted by atomic mass is 9.88. The fraction of sp³-hybridized carbons (Fsp3) is 0.211. The average Bonchev–Trinajstić information content (AvgIpc) is 3.06. The number of hydrazone groups is 1. The molecule has 2 aromatic rings. The fourth-order valence-corrected chi connectivity index (χ4v) is 4.62. The third kappa shape index (κ3) is 2.61. The Hall–Kier alpha value is -2.34. The molecule has 128 valence electrons. The molecule has 0 aromatic heterocycles. The number of nitrogens with one attached hydrogen (secondary N) is 1. The lowest BCUT2D eigenvalue weighted by Gasteiger charge is -2.40. The SMILES string of the molecule is C=CC[C@@H]1COc2ccccc2[C@@]12NN=C(c1cc(F)ccc1F)S2. The Kier molecular flexibility index (Phi) is 4.00. The largest absolute Gasteiger partial charge is 0.493 e. The maximum atomic E-state index is 14.2. The summed E-state index contributed by atoms with van der Waals surface area (Å²) in [5.74, 6) is -0.149. The number of hydrogen-bond acceptors (Lipinski definition) is 4. The molecule has 0 unspecified atom stereocenters. The summed E-state index contributed by atoms with van der Waals surface area (Å²) in [6.07, 6.45) is 2.55. The molecule has 0 bridgehead atoms. The Bertz CT molecular complexity index is 870. The van der Waals surface area contributed by atoms with Crippen molar-refractivity contribution in [2.75, 3.05) is 6.61 Å². The Balaban J connectivity index is 1.76. The van der Waals surface area contributed by atoms with E-state index in [9.17, 15) is 8.78 Å². The summed E-state index contributed by atoms with van der Waals surface area (Å²) < 4.78 is 33.6. The summed E-state index contributed by atoms with van der Waals surface area (Å²) in [6.45, 7) is 4.33. The minimum absolute atomic E-state index is 0.0581. The van der Waals surface area contributed by atoms with Crippen LogP contribution in [0.2, 0.25) is 0 Å². The molecular weight excluding hydrogens is 342 g/mol. The number of thioether (sulfide) groups is 1. The smallest absolute Gasteiger partial charge is 0.141 e. The fourth-order valence-electron chi connectivity index (χ4n) is 3.26. The maximum Gasteiger partial charge on any atom is 0.141 e. The van der Waals surface area contributed by atoms with Crippen LogP contribution in [-0.4, -0.2) is 11.7 Å². The number of hydrogen-bond donors (Lipinski definition) is 1. The van der Waals surface area contributed by atoms with Crippen LogP contribution in [0, 0.1) is 17.6 Å². The summed E-state index contributed by atoms with van der Waals surface area (Å²) in [7, 11) is 0. The van der Waals surface area contributed by atoms with Gasteiger partial charge in [0.15, 0.2) is 0 Å². The molecule has 2 aromatic carbocycles. The van der Waals surface area contributed by atoms with E-state index in [4.69, 9.17) is 4.74 Å². The van der Waals surface area contributed by atoms with Gasteiger partial charge < -0.3 is 4.74 Å². The predicted molar refractivity (Wildman–Crippen MR) is 95.5 cm³/mol. The highest BCUT2D eigenvalue weighted by Gasteiger charge is 2.50. The highest BCUT2D eigenvalue weighted by Crippen LogP contribution is 2.52. The van der Waals surface area contributed by atoms with Crippen molar-refractivity contribution in [2.45, 2.75) is 11.3 Å². The van der Waals surface area contributed by atoms with E-state index in [-0.39, 0.29) is 11.5 Å². The molecule has 0 saturated carbocycles. The van der Waals surface area contributed by atoms with E-state index in [0.29, 0.717) is 18.1 Å². The van der Waals surface area contributed by atoms with Gasteiger partial charge in [0, 0.05) is 17.0 Å². The van der Waals surface area contributed by atoms with Gasteiger partial charge in [0.05, 0.1) is 6.61 Å². The van der Waals surface area contributed by atoms with Gasteiger partial charge in [-0.2, -0.15) is 5.10 Å². The van der Waals surface area contributed by atoms with Gasteiger partial charge in [-0.05, 0) is 30.7 Å². The highest BCUT2D eigenvalue weighted by molar-refractivity contribution is 8.15. The number of benzene rings is 2. The third-order valence-corrected chi connectivity index (χ3v) is 5.96. The molecule has 1 spiro atoms. The zero-order chi connectivity index (χ0) is 17.4. The Morgan fingerprint density at radius 1 is 1.32 bits per heavy atom. The van der Waals surface area contributed by atoms with Gasteiger partial charge >= 0.3 is 0 Å². The lowest BCUT2D eigenvalue weighted by molar-refractivity contribution is 0.163. The Morgan fingerprint density at radius 3 is 3.00 bits per heavy atom. The van der Waals surface area contributed by atoms with Gasteiger partial charge in [-0.15, -0.1) is 6.58 Å². The van der Waals surface area contributed by atoms with Crippen molar-refractivity contribution in [3.63, 3.8) is 0 Å².